The highest BCUT2D eigenvalue weighted by molar-refractivity contribution is 5.76. The molecule has 2 heterocycles. The first-order valence-corrected chi connectivity index (χ1v) is 10.6. The van der Waals surface area contributed by atoms with Gasteiger partial charge in [-0.15, -0.1) is 0 Å². The van der Waals surface area contributed by atoms with Crippen molar-refractivity contribution in [2.45, 2.75) is 44.7 Å². The van der Waals surface area contributed by atoms with E-state index in [-0.39, 0.29) is 5.91 Å². The highest BCUT2D eigenvalue weighted by Crippen LogP contribution is 2.30. The van der Waals surface area contributed by atoms with Crippen molar-refractivity contribution in [2.75, 3.05) is 20.2 Å². The van der Waals surface area contributed by atoms with E-state index in [1.54, 1.807) is 7.11 Å². The third-order valence-electron chi connectivity index (χ3n) is 6.32. The van der Waals surface area contributed by atoms with E-state index in [9.17, 15) is 4.79 Å². The molecule has 2 N–H and O–H groups in total. The third-order valence-corrected chi connectivity index (χ3v) is 6.32. The number of hydrazine groups is 1. The number of hydrogen-bond acceptors (Lipinski definition) is 4. The average molecular weight is 394 g/mol. The first-order valence-electron chi connectivity index (χ1n) is 10.6. The van der Waals surface area contributed by atoms with Crippen LogP contribution in [-0.2, 0) is 11.2 Å². The Balaban J connectivity index is 1.26. The molecule has 154 valence electrons. The summed E-state index contributed by atoms with van der Waals surface area (Å²) in [6.07, 6.45) is 3.46. The molecule has 2 aliphatic rings. The molecule has 0 bridgehead atoms. The predicted molar refractivity (Wildman–Crippen MR) is 115 cm³/mol. The fraction of sp³-hybridized carbons (Fsp3) is 0.458. The van der Waals surface area contributed by atoms with Gasteiger partial charge in [-0.3, -0.25) is 15.6 Å². The Bertz CT molecular complexity index is 836. The summed E-state index contributed by atoms with van der Waals surface area (Å²) in [6, 6.07) is 17.5. The van der Waals surface area contributed by atoms with Gasteiger partial charge in [0.2, 0.25) is 5.91 Å². The first-order chi connectivity index (χ1) is 14.1. The van der Waals surface area contributed by atoms with Crippen molar-refractivity contribution >= 4 is 5.91 Å². The van der Waals surface area contributed by atoms with Crippen LogP contribution in [0.1, 0.15) is 42.0 Å². The normalized spacial score (nSPS) is 24.1. The van der Waals surface area contributed by atoms with Crippen molar-refractivity contribution in [2.24, 2.45) is 5.92 Å². The molecule has 2 saturated heterocycles. The number of methoxy groups -OCH3 is 1. The van der Waals surface area contributed by atoms with Crippen LogP contribution in [0.2, 0.25) is 0 Å². The molecule has 2 aliphatic heterocycles. The largest absolute Gasteiger partial charge is 0.497 e. The van der Waals surface area contributed by atoms with E-state index in [2.05, 4.69) is 48.1 Å². The van der Waals surface area contributed by atoms with Crippen LogP contribution in [0.3, 0.4) is 0 Å². The van der Waals surface area contributed by atoms with Gasteiger partial charge in [0, 0.05) is 31.6 Å². The molecule has 2 fully saturated rings. The quantitative estimate of drug-likeness (QED) is 0.790. The number of carbonyl (C=O) groups excluding carboxylic acids is 1. The maximum atomic E-state index is 12.7. The highest BCUT2D eigenvalue weighted by Gasteiger charge is 2.36. The number of aryl methyl sites for hydroxylation is 2. The van der Waals surface area contributed by atoms with E-state index in [4.69, 9.17) is 4.74 Å². The zero-order chi connectivity index (χ0) is 20.2. The number of amides is 1. The summed E-state index contributed by atoms with van der Waals surface area (Å²) in [6.45, 7) is 3.84. The number of rotatable bonds is 6. The molecule has 0 spiro atoms. The van der Waals surface area contributed by atoms with Gasteiger partial charge in [-0.25, -0.2) is 0 Å². The Kier molecular flexibility index (Phi) is 6.16. The molecule has 3 atom stereocenters. The number of ether oxygens (including phenoxy) is 1. The smallest absolute Gasteiger partial charge is 0.222 e. The van der Waals surface area contributed by atoms with Gasteiger partial charge < -0.3 is 9.64 Å². The number of likely N-dealkylation sites (tertiary alicyclic amines) is 1. The number of carbonyl (C=O) groups is 1. The van der Waals surface area contributed by atoms with Crippen molar-refractivity contribution in [3.05, 3.63) is 65.2 Å². The molecule has 0 saturated carbocycles. The Morgan fingerprint density at radius 1 is 1.17 bits per heavy atom. The molecule has 0 aliphatic carbocycles. The molecule has 5 heteroatoms. The zero-order valence-corrected chi connectivity index (χ0v) is 17.4. The number of hydrogen-bond donors (Lipinski definition) is 2. The lowest BCUT2D eigenvalue weighted by molar-refractivity contribution is -0.130. The van der Waals surface area contributed by atoms with E-state index in [0.29, 0.717) is 24.4 Å². The summed E-state index contributed by atoms with van der Waals surface area (Å²) in [7, 11) is 1.67. The molecule has 2 aromatic carbocycles. The SMILES string of the molecule is COc1cccc(CCC(=O)N2CCC(C3CC(c4ccc(C)cc4)NN3)C2)c1. The molecule has 29 heavy (non-hydrogen) atoms. The van der Waals surface area contributed by atoms with Gasteiger partial charge in [-0.2, -0.15) is 0 Å². The van der Waals surface area contributed by atoms with Crippen LogP contribution in [-0.4, -0.2) is 37.0 Å². The number of benzene rings is 2. The van der Waals surface area contributed by atoms with Gasteiger partial charge in [-0.1, -0.05) is 42.0 Å². The lowest BCUT2D eigenvalue weighted by Gasteiger charge is -2.20. The van der Waals surface area contributed by atoms with Crippen molar-refractivity contribution in [3.63, 3.8) is 0 Å². The van der Waals surface area contributed by atoms with E-state index < -0.39 is 0 Å². The van der Waals surface area contributed by atoms with Crippen LogP contribution < -0.4 is 15.6 Å². The maximum absolute atomic E-state index is 12.7. The summed E-state index contributed by atoms with van der Waals surface area (Å²) in [5, 5.41) is 0. The van der Waals surface area contributed by atoms with E-state index >= 15 is 0 Å². The van der Waals surface area contributed by atoms with E-state index in [1.165, 1.54) is 11.1 Å². The van der Waals surface area contributed by atoms with E-state index in [1.807, 2.05) is 23.1 Å². The predicted octanol–water partition coefficient (Wildman–Crippen LogP) is 3.39. The van der Waals surface area contributed by atoms with Crippen LogP contribution in [0.25, 0.3) is 0 Å². The number of nitrogens with zero attached hydrogens (tertiary/aromatic N) is 1. The molecular weight excluding hydrogens is 362 g/mol. The monoisotopic (exact) mass is 393 g/mol. The minimum atomic E-state index is 0.261. The average Bonchev–Trinajstić information content (AvgIpc) is 3.42. The first kappa shape index (κ1) is 19.9. The molecule has 5 nitrogen and oxygen atoms in total. The minimum absolute atomic E-state index is 0.261. The second-order valence-electron chi connectivity index (χ2n) is 8.33. The van der Waals surface area contributed by atoms with E-state index in [0.717, 1.165) is 43.7 Å². The van der Waals surface area contributed by atoms with Gasteiger partial charge in [0.1, 0.15) is 5.75 Å². The second-order valence-corrected chi connectivity index (χ2v) is 8.33. The Morgan fingerprint density at radius 3 is 2.79 bits per heavy atom. The summed E-state index contributed by atoms with van der Waals surface area (Å²) in [5.41, 5.74) is 10.7. The zero-order valence-electron chi connectivity index (χ0n) is 17.4. The molecule has 0 radical (unpaired) electrons. The van der Waals surface area contributed by atoms with Crippen LogP contribution >= 0.6 is 0 Å². The maximum Gasteiger partial charge on any atom is 0.222 e. The molecule has 2 aromatic rings. The van der Waals surface area contributed by atoms with Gasteiger partial charge in [0.15, 0.2) is 0 Å². The lowest BCUT2D eigenvalue weighted by Crippen LogP contribution is -2.38. The van der Waals surface area contributed by atoms with Gasteiger partial charge >= 0.3 is 0 Å². The summed E-state index contributed by atoms with van der Waals surface area (Å²) in [4.78, 5) is 14.8. The summed E-state index contributed by atoms with van der Waals surface area (Å²) in [5.74, 6) is 1.62. The lowest BCUT2D eigenvalue weighted by atomic mass is 9.92. The third kappa shape index (κ3) is 4.80. The van der Waals surface area contributed by atoms with Crippen LogP contribution in [0, 0.1) is 12.8 Å². The molecule has 3 unspecified atom stereocenters. The Hall–Kier alpha value is -2.37. The molecule has 4 rings (SSSR count). The highest BCUT2D eigenvalue weighted by atomic mass is 16.5. The molecule has 1 amide bonds. The topological polar surface area (TPSA) is 53.6 Å². The van der Waals surface area contributed by atoms with Gasteiger partial charge in [0.05, 0.1) is 7.11 Å². The Labute approximate surface area is 173 Å². The van der Waals surface area contributed by atoms with Crippen LogP contribution in [0.5, 0.6) is 5.75 Å². The Morgan fingerprint density at radius 2 is 2.00 bits per heavy atom. The minimum Gasteiger partial charge on any atom is -0.497 e. The summed E-state index contributed by atoms with van der Waals surface area (Å²) >= 11 is 0. The fourth-order valence-electron chi connectivity index (χ4n) is 4.49. The van der Waals surface area contributed by atoms with Gasteiger partial charge in [0.25, 0.3) is 0 Å². The van der Waals surface area contributed by atoms with Crippen molar-refractivity contribution in [1.29, 1.82) is 0 Å². The second kappa shape index (κ2) is 8.97. The van der Waals surface area contributed by atoms with Crippen molar-refractivity contribution < 1.29 is 9.53 Å². The molecule has 0 aromatic heterocycles. The summed E-state index contributed by atoms with van der Waals surface area (Å²) < 4.78 is 5.27. The standard InChI is InChI=1S/C24H31N3O2/c1-17-6-9-19(10-7-17)22-15-23(26-25-22)20-12-13-27(16-20)24(28)11-8-18-4-3-5-21(14-18)29-2/h3-7,9-10,14,20,22-23,25-26H,8,11-13,15-16H2,1-2H3. The van der Waals surface area contributed by atoms with Crippen molar-refractivity contribution in [3.8, 4) is 5.75 Å². The van der Waals surface area contributed by atoms with Gasteiger partial charge in [-0.05, 0) is 55.4 Å². The van der Waals surface area contributed by atoms with Crippen molar-refractivity contribution in [1.82, 2.24) is 15.8 Å². The fourth-order valence-corrected chi connectivity index (χ4v) is 4.49. The van der Waals surface area contributed by atoms with Crippen LogP contribution in [0.15, 0.2) is 48.5 Å². The number of nitrogens with one attached hydrogen (secondary N) is 2. The van der Waals surface area contributed by atoms with Crippen LogP contribution in [0.4, 0.5) is 0 Å². The molecular formula is C24H31N3O2.